The molecular weight excluding hydrogens is 476 g/mol. The van der Waals surface area contributed by atoms with Crippen LogP contribution in [0.3, 0.4) is 0 Å². The molecule has 0 aromatic heterocycles. The van der Waals surface area contributed by atoms with Crippen LogP contribution in [0.2, 0.25) is 0 Å². The summed E-state index contributed by atoms with van der Waals surface area (Å²) in [5, 5.41) is 3.11. The molecule has 3 aromatic rings. The summed E-state index contributed by atoms with van der Waals surface area (Å²) in [5.41, 5.74) is 3.16. The molecule has 0 unspecified atom stereocenters. The number of methoxy groups -OCH3 is 1. The van der Waals surface area contributed by atoms with Gasteiger partial charge in [-0.05, 0) is 62.1 Å². The average molecular weight is 517 g/mol. The minimum atomic E-state index is -0.622. The second-order valence-electron chi connectivity index (χ2n) is 9.66. The van der Waals surface area contributed by atoms with Gasteiger partial charge >= 0.3 is 0 Å². The van der Waals surface area contributed by atoms with Crippen LogP contribution in [0.4, 0.5) is 0 Å². The summed E-state index contributed by atoms with van der Waals surface area (Å²) in [4.78, 5) is 28.9. The molecule has 6 heteroatoms. The molecule has 0 aliphatic rings. The third kappa shape index (κ3) is 8.94. The van der Waals surface area contributed by atoms with Crippen molar-refractivity contribution in [2.24, 2.45) is 0 Å². The van der Waals surface area contributed by atoms with Crippen molar-refractivity contribution in [3.8, 4) is 11.5 Å². The maximum Gasteiger partial charge on any atom is 0.243 e. The Kier molecular flexibility index (Phi) is 11.2. The van der Waals surface area contributed by atoms with Crippen molar-refractivity contribution in [3.05, 3.63) is 95.6 Å². The van der Waals surface area contributed by atoms with Gasteiger partial charge in [0.15, 0.2) is 0 Å². The van der Waals surface area contributed by atoms with Crippen molar-refractivity contribution in [2.45, 2.75) is 65.1 Å². The Bertz CT molecular complexity index is 1130. The molecule has 0 heterocycles. The van der Waals surface area contributed by atoms with Gasteiger partial charge in [-0.15, -0.1) is 0 Å². The molecule has 0 saturated carbocycles. The molecule has 3 aromatic carbocycles. The summed E-state index contributed by atoms with van der Waals surface area (Å²) in [7, 11) is 1.62. The lowest BCUT2D eigenvalue weighted by Crippen LogP contribution is -2.52. The molecule has 0 aliphatic carbocycles. The maximum absolute atomic E-state index is 13.7. The predicted molar refractivity (Wildman–Crippen MR) is 151 cm³/mol. The number of nitrogens with one attached hydrogen (secondary N) is 1. The zero-order valence-electron chi connectivity index (χ0n) is 23.0. The van der Waals surface area contributed by atoms with Gasteiger partial charge < -0.3 is 19.7 Å². The zero-order chi connectivity index (χ0) is 27.3. The standard InChI is InChI=1S/C32H40N2O4/c1-5-25(3)33-32(36)30(22-26-10-7-6-8-11-26)34(23-27-15-13-24(2)14-16-27)31(35)12-9-21-38-29-19-17-28(37-4)18-20-29/h6-8,10-11,13-20,25,30H,5,9,12,21-23H2,1-4H3,(H,33,36)/t25-,30+/m0/s1. The van der Waals surface area contributed by atoms with Crippen LogP contribution in [0.5, 0.6) is 11.5 Å². The van der Waals surface area contributed by atoms with E-state index in [2.05, 4.69) is 5.32 Å². The SMILES string of the molecule is CC[C@H](C)NC(=O)[C@@H](Cc1ccccc1)N(Cc1ccc(C)cc1)C(=O)CCCOc1ccc(OC)cc1. The quantitative estimate of drug-likeness (QED) is 0.278. The van der Waals surface area contributed by atoms with Crippen LogP contribution in [0.25, 0.3) is 0 Å². The Labute approximate surface area is 227 Å². The Balaban J connectivity index is 1.77. The third-order valence-corrected chi connectivity index (χ3v) is 6.61. The Morgan fingerprint density at radius 2 is 1.55 bits per heavy atom. The minimum absolute atomic E-state index is 0.0231. The number of ether oxygens (including phenoxy) is 2. The van der Waals surface area contributed by atoms with E-state index in [0.717, 1.165) is 34.6 Å². The Morgan fingerprint density at radius 3 is 2.18 bits per heavy atom. The van der Waals surface area contributed by atoms with Crippen LogP contribution >= 0.6 is 0 Å². The molecule has 1 N–H and O–H groups in total. The van der Waals surface area contributed by atoms with E-state index < -0.39 is 6.04 Å². The molecule has 0 bridgehead atoms. The topological polar surface area (TPSA) is 67.9 Å². The number of rotatable bonds is 14. The second-order valence-corrected chi connectivity index (χ2v) is 9.66. The van der Waals surface area contributed by atoms with Crippen LogP contribution in [0.1, 0.15) is 49.8 Å². The van der Waals surface area contributed by atoms with E-state index in [0.29, 0.717) is 26.0 Å². The third-order valence-electron chi connectivity index (χ3n) is 6.61. The molecule has 6 nitrogen and oxygen atoms in total. The summed E-state index contributed by atoms with van der Waals surface area (Å²) >= 11 is 0. The molecule has 38 heavy (non-hydrogen) atoms. The van der Waals surface area contributed by atoms with Gasteiger partial charge in [0.1, 0.15) is 17.5 Å². The lowest BCUT2D eigenvalue weighted by Gasteiger charge is -2.32. The van der Waals surface area contributed by atoms with E-state index in [1.54, 1.807) is 12.0 Å². The number of aryl methyl sites for hydroxylation is 1. The fraction of sp³-hybridized carbons (Fsp3) is 0.375. The predicted octanol–water partition coefficient (Wildman–Crippen LogP) is 5.72. The number of carbonyl (C=O) groups is 2. The molecule has 0 fully saturated rings. The average Bonchev–Trinajstić information content (AvgIpc) is 2.94. The lowest BCUT2D eigenvalue weighted by atomic mass is 10.0. The van der Waals surface area contributed by atoms with Crippen LogP contribution < -0.4 is 14.8 Å². The first kappa shape index (κ1) is 28.8. The van der Waals surface area contributed by atoms with Crippen LogP contribution in [0, 0.1) is 6.92 Å². The van der Waals surface area contributed by atoms with Gasteiger partial charge in [0.05, 0.1) is 13.7 Å². The molecule has 0 aliphatic heterocycles. The normalized spacial score (nSPS) is 12.3. The fourth-order valence-electron chi connectivity index (χ4n) is 4.11. The van der Waals surface area contributed by atoms with Crippen LogP contribution in [-0.2, 0) is 22.6 Å². The number of nitrogens with zero attached hydrogens (tertiary/aromatic N) is 1. The molecule has 2 atom stereocenters. The minimum Gasteiger partial charge on any atom is -0.497 e. The smallest absolute Gasteiger partial charge is 0.243 e. The highest BCUT2D eigenvalue weighted by Gasteiger charge is 2.30. The van der Waals surface area contributed by atoms with Crippen LogP contribution in [-0.4, -0.2) is 42.5 Å². The first-order chi connectivity index (χ1) is 18.4. The van der Waals surface area contributed by atoms with Crippen molar-refractivity contribution in [2.75, 3.05) is 13.7 Å². The number of benzene rings is 3. The highest BCUT2D eigenvalue weighted by molar-refractivity contribution is 5.88. The summed E-state index contributed by atoms with van der Waals surface area (Å²) < 4.78 is 11.0. The van der Waals surface area contributed by atoms with Gasteiger partial charge in [0, 0.05) is 25.4 Å². The zero-order valence-corrected chi connectivity index (χ0v) is 23.0. The molecule has 202 valence electrons. The van der Waals surface area contributed by atoms with Crippen molar-refractivity contribution < 1.29 is 19.1 Å². The summed E-state index contributed by atoms with van der Waals surface area (Å²) in [5.74, 6) is 1.30. The van der Waals surface area contributed by atoms with E-state index in [4.69, 9.17) is 9.47 Å². The summed E-state index contributed by atoms with van der Waals surface area (Å²) in [6.07, 6.45) is 2.09. The van der Waals surface area contributed by atoms with Crippen molar-refractivity contribution >= 4 is 11.8 Å². The highest BCUT2D eigenvalue weighted by atomic mass is 16.5. The number of hydrogen-bond acceptors (Lipinski definition) is 4. The van der Waals surface area contributed by atoms with Gasteiger partial charge in [0.2, 0.25) is 11.8 Å². The monoisotopic (exact) mass is 516 g/mol. The van der Waals surface area contributed by atoms with E-state index in [9.17, 15) is 9.59 Å². The van der Waals surface area contributed by atoms with E-state index in [1.807, 2.05) is 99.6 Å². The molecule has 0 radical (unpaired) electrons. The first-order valence-corrected chi connectivity index (χ1v) is 13.4. The summed E-state index contributed by atoms with van der Waals surface area (Å²) in [6.45, 7) is 6.82. The van der Waals surface area contributed by atoms with Crippen molar-refractivity contribution in [3.63, 3.8) is 0 Å². The van der Waals surface area contributed by atoms with E-state index in [-0.39, 0.29) is 24.3 Å². The van der Waals surface area contributed by atoms with Gasteiger partial charge in [0.25, 0.3) is 0 Å². The Hall–Kier alpha value is -3.80. The molecule has 3 rings (SSSR count). The van der Waals surface area contributed by atoms with Gasteiger partial charge in [-0.25, -0.2) is 0 Å². The largest absolute Gasteiger partial charge is 0.497 e. The fourth-order valence-corrected chi connectivity index (χ4v) is 4.11. The lowest BCUT2D eigenvalue weighted by molar-refractivity contribution is -0.141. The molecule has 0 spiro atoms. The van der Waals surface area contributed by atoms with Gasteiger partial charge in [-0.1, -0.05) is 67.1 Å². The van der Waals surface area contributed by atoms with E-state index in [1.165, 1.54) is 0 Å². The number of amides is 2. The second kappa shape index (κ2) is 14.8. The summed E-state index contributed by atoms with van der Waals surface area (Å²) in [6, 6.07) is 24.8. The number of carbonyl (C=O) groups excluding carboxylic acids is 2. The maximum atomic E-state index is 13.7. The van der Waals surface area contributed by atoms with Crippen LogP contribution in [0.15, 0.2) is 78.9 Å². The highest BCUT2D eigenvalue weighted by Crippen LogP contribution is 2.19. The molecule has 2 amide bonds. The van der Waals surface area contributed by atoms with Gasteiger partial charge in [-0.2, -0.15) is 0 Å². The molecule has 0 saturated heterocycles. The van der Waals surface area contributed by atoms with E-state index >= 15 is 0 Å². The van der Waals surface area contributed by atoms with Gasteiger partial charge in [-0.3, -0.25) is 9.59 Å². The molecular formula is C32H40N2O4. The van der Waals surface area contributed by atoms with Crippen molar-refractivity contribution in [1.82, 2.24) is 10.2 Å². The Morgan fingerprint density at radius 1 is 0.895 bits per heavy atom. The number of hydrogen-bond donors (Lipinski definition) is 1. The first-order valence-electron chi connectivity index (χ1n) is 13.4. The van der Waals surface area contributed by atoms with Crippen molar-refractivity contribution in [1.29, 1.82) is 0 Å².